The monoisotopic (exact) mass is 344 g/mol. The van der Waals surface area contributed by atoms with Crippen molar-refractivity contribution < 1.29 is 14.6 Å². The van der Waals surface area contributed by atoms with E-state index in [-0.39, 0.29) is 6.61 Å². The van der Waals surface area contributed by atoms with Crippen LogP contribution in [0.1, 0.15) is 10.4 Å². The highest BCUT2D eigenvalue weighted by Crippen LogP contribution is 2.32. The van der Waals surface area contributed by atoms with Gasteiger partial charge in [-0.1, -0.05) is 0 Å². The molecule has 24 heavy (non-hydrogen) atoms. The maximum Gasteiger partial charge on any atom is 0.161 e. The molecular formula is C18H20N2O3S. The molecule has 0 atom stereocenters. The van der Waals surface area contributed by atoms with Crippen LogP contribution < -0.4 is 14.4 Å². The summed E-state index contributed by atoms with van der Waals surface area (Å²) in [7, 11) is 5.07. The Morgan fingerprint density at radius 2 is 2.00 bits per heavy atom. The number of nitrogens with zero attached hydrogens (tertiary/aromatic N) is 2. The molecule has 1 N–H and O–H groups in total. The Labute approximate surface area is 146 Å². The molecule has 5 nitrogen and oxygen atoms in total. The molecule has 0 saturated heterocycles. The zero-order chi connectivity index (χ0) is 17.5. The molecule has 0 bridgehead atoms. The van der Waals surface area contributed by atoms with Crippen LogP contribution in [-0.2, 0) is 0 Å². The number of thiophene rings is 1. The van der Waals surface area contributed by atoms with E-state index in [9.17, 15) is 5.26 Å². The lowest BCUT2D eigenvalue weighted by molar-refractivity contribution is 0.304. The molecule has 0 radical (unpaired) electrons. The lowest BCUT2D eigenvalue weighted by Gasteiger charge is -2.14. The van der Waals surface area contributed by atoms with Gasteiger partial charge in [0, 0.05) is 18.5 Å². The first-order valence-electron chi connectivity index (χ1n) is 7.39. The number of hydrogen-bond donors (Lipinski definition) is 1. The average Bonchev–Trinajstić information content (AvgIpc) is 3.08. The number of aliphatic hydroxyl groups excluding tert-OH is 1. The highest BCUT2D eigenvalue weighted by Gasteiger charge is 2.09. The molecule has 2 rings (SSSR count). The first-order valence-corrected chi connectivity index (χ1v) is 8.20. The summed E-state index contributed by atoms with van der Waals surface area (Å²) in [5.74, 6) is 1.22. The van der Waals surface area contributed by atoms with Crippen LogP contribution in [0.3, 0.4) is 0 Å². The van der Waals surface area contributed by atoms with E-state index in [1.165, 1.54) is 0 Å². The van der Waals surface area contributed by atoms with Gasteiger partial charge >= 0.3 is 0 Å². The van der Waals surface area contributed by atoms with Gasteiger partial charge in [0.05, 0.1) is 37.5 Å². The standard InChI is InChI=1S/C18H20N2O3S/c1-20(8-9-21)18-7-5-15(24-18)10-14(12-19)13-4-6-16(22-2)17(11-13)23-3/h4-7,10-11,21H,8-9H2,1-3H3. The van der Waals surface area contributed by atoms with Crippen LogP contribution in [-0.4, -0.2) is 39.5 Å². The van der Waals surface area contributed by atoms with Crippen molar-refractivity contribution in [3.63, 3.8) is 0 Å². The summed E-state index contributed by atoms with van der Waals surface area (Å²) >= 11 is 1.57. The van der Waals surface area contributed by atoms with Gasteiger partial charge in [-0.05, 0) is 42.0 Å². The fourth-order valence-corrected chi connectivity index (χ4v) is 3.15. The second-order valence-electron chi connectivity index (χ2n) is 5.06. The molecule has 0 amide bonds. The van der Waals surface area contributed by atoms with E-state index in [1.807, 2.05) is 36.2 Å². The van der Waals surface area contributed by atoms with Crippen molar-refractivity contribution >= 4 is 28.0 Å². The molecule has 0 aliphatic carbocycles. The van der Waals surface area contributed by atoms with Gasteiger partial charge in [-0.25, -0.2) is 0 Å². The van der Waals surface area contributed by atoms with Crippen molar-refractivity contribution in [3.05, 3.63) is 40.8 Å². The number of hydrogen-bond acceptors (Lipinski definition) is 6. The summed E-state index contributed by atoms with van der Waals surface area (Å²) in [6, 6.07) is 11.6. The third-order valence-corrected chi connectivity index (χ3v) is 4.67. The van der Waals surface area contributed by atoms with Gasteiger partial charge < -0.3 is 19.5 Å². The van der Waals surface area contributed by atoms with Crippen LogP contribution in [0.2, 0.25) is 0 Å². The summed E-state index contributed by atoms with van der Waals surface area (Å²) < 4.78 is 10.5. The van der Waals surface area contributed by atoms with E-state index in [1.54, 1.807) is 37.7 Å². The number of ether oxygens (including phenoxy) is 2. The molecule has 1 aromatic carbocycles. The van der Waals surface area contributed by atoms with Gasteiger partial charge in [-0.15, -0.1) is 11.3 Å². The number of likely N-dealkylation sites (N-methyl/N-ethyl adjacent to an activating group) is 1. The smallest absolute Gasteiger partial charge is 0.161 e. The zero-order valence-electron chi connectivity index (χ0n) is 13.9. The quantitative estimate of drug-likeness (QED) is 0.781. The van der Waals surface area contributed by atoms with Gasteiger partial charge in [0.25, 0.3) is 0 Å². The fourth-order valence-electron chi connectivity index (χ4n) is 2.21. The maximum atomic E-state index is 9.50. The Hall–Kier alpha value is -2.49. The molecule has 0 spiro atoms. The minimum Gasteiger partial charge on any atom is -0.493 e. The number of methoxy groups -OCH3 is 2. The van der Waals surface area contributed by atoms with E-state index in [0.717, 1.165) is 15.4 Å². The van der Waals surface area contributed by atoms with Gasteiger partial charge in [0.1, 0.15) is 0 Å². The lowest BCUT2D eigenvalue weighted by atomic mass is 10.1. The Morgan fingerprint density at radius 3 is 2.62 bits per heavy atom. The summed E-state index contributed by atoms with van der Waals surface area (Å²) in [6.07, 6.45) is 1.85. The predicted molar refractivity (Wildman–Crippen MR) is 97.7 cm³/mol. The number of nitriles is 1. The highest BCUT2D eigenvalue weighted by molar-refractivity contribution is 7.17. The van der Waals surface area contributed by atoms with Crippen molar-refractivity contribution in [1.29, 1.82) is 5.26 Å². The zero-order valence-corrected chi connectivity index (χ0v) is 14.8. The van der Waals surface area contributed by atoms with Crippen LogP contribution in [0.25, 0.3) is 11.6 Å². The molecule has 2 aromatic rings. The summed E-state index contributed by atoms with van der Waals surface area (Å²) in [4.78, 5) is 2.95. The number of benzene rings is 1. The molecule has 126 valence electrons. The Bertz CT molecular complexity index is 762. The molecule has 6 heteroatoms. The molecule has 0 aliphatic heterocycles. The van der Waals surface area contributed by atoms with Crippen LogP contribution in [0.4, 0.5) is 5.00 Å². The van der Waals surface area contributed by atoms with E-state index in [0.29, 0.717) is 23.6 Å². The topological polar surface area (TPSA) is 65.7 Å². The van der Waals surface area contributed by atoms with Gasteiger partial charge in [0.2, 0.25) is 0 Å². The van der Waals surface area contributed by atoms with Crippen molar-refractivity contribution in [2.45, 2.75) is 0 Å². The summed E-state index contributed by atoms with van der Waals surface area (Å²) in [6.45, 7) is 0.680. The lowest BCUT2D eigenvalue weighted by Crippen LogP contribution is -2.19. The van der Waals surface area contributed by atoms with Crippen molar-refractivity contribution in [2.75, 3.05) is 39.3 Å². The molecule has 0 aliphatic rings. The number of rotatable bonds is 7. The molecule has 0 fully saturated rings. The largest absolute Gasteiger partial charge is 0.493 e. The Morgan fingerprint density at radius 1 is 1.25 bits per heavy atom. The van der Waals surface area contributed by atoms with Crippen molar-refractivity contribution in [2.24, 2.45) is 0 Å². The van der Waals surface area contributed by atoms with Crippen molar-refractivity contribution in [1.82, 2.24) is 0 Å². The SMILES string of the molecule is COc1ccc(C(C#N)=Cc2ccc(N(C)CCO)s2)cc1OC. The highest BCUT2D eigenvalue weighted by atomic mass is 32.1. The van der Waals surface area contributed by atoms with E-state index < -0.39 is 0 Å². The number of allylic oxidation sites excluding steroid dienone is 1. The van der Waals surface area contributed by atoms with Crippen LogP contribution in [0.5, 0.6) is 11.5 Å². The normalized spacial score (nSPS) is 11.0. The molecular weight excluding hydrogens is 324 g/mol. The van der Waals surface area contributed by atoms with E-state index >= 15 is 0 Å². The van der Waals surface area contributed by atoms with E-state index in [4.69, 9.17) is 14.6 Å². The van der Waals surface area contributed by atoms with Crippen LogP contribution in [0, 0.1) is 11.3 Å². The van der Waals surface area contributed by atoms with Crippen LogP contribution >= 0.6 is 11.3 Å². The molecule has 1 heterocycles. The molecule has 0 unspecified atom stereocenters. The first-order chi connectivity index (χ1) is 11.6. The van der Waals surface area contributed by atoms with Gasteiger partial charge in [-0.2, -0.15) is 5.26 Å². The third kappa shape index (κ3) is 4.07. The number of aliphatic hydroxyl groups is 1. The average molecular weight is 344 g/mol. The van der Waals surface area contributed by atoms with E-state index in [2.05, 4.69) is 6.07 Å². The summed E-state index contributed by atoms with van der Waals surface area (Å²) in [5.41, 5.74) is 1.32. The summed E-state index contributed by atoms with van der Waals surface area (Å²) in [5, 5.41) is 19.6. The second kappa shape index (κ2) is 8.39. The number of anilines is 1. The minimum absolute atomic E-state index is 0.106. The second-order valence-corrected chi connectivity index (χ2v) is 6.15. The fraction of sp³-hybridized carbons (Fsp3) is 0.278. The minimum atomic E-state index is 0.106. The van der Waals surface area contributed by atoms with Gasteiger partial charge in [-0.3, -0.25) is 0 Å². The molecule has 1 aromatic heterocycles. The van der Waals surface area contributed by atoms with Crippen molar-refractivity contribution in [3.8, 4) is 17.6 Å². The maximum absolute atomic E-state index is 9.50. The van der Waals surface area contributed by atoms with Crippen LogP contribution in [0.15, 0.2) is 30.3 Å². The van der Waals surface area contributed by atoms with Gasteiger partial charge in [0.15, 0.2) is 11.5 Å². The Balaban J connectivity index is 2.32. The Kier molecular flexibility index (Phi) is 6.24. The first kappa shape index (κ1) is 17.9. The third-order valence-electron chi connectivity index (χ3n) is 3.53. The predicted octanol–water partition coefficient (Wildman–Crippen LogP) is 3.26. The molecule has 0 saturated carbocycles.